The van der Waals surface area contributed by atoms with Crippen molar-refractivity contribution >= 4 is 5.97 Å². The van der Waals surface area contributed by atoms with Gasteiger partial charge in [0.2, 0.25) is 0 Å². The van der Waals surface area contributed by atoms with Crippen molar-refractivity contribution in [1.82, 2.24) is 9.13 Å². The normalized spacial score (nSPS) is 15.9. The molecular formula is C16H18N2O3. The van der Waals surface area contributed by atoms with Crippen LogP contribution < -0.4 is 5.69 Å². The highest BCUT2D eigenvalue weighted by molar-refractivity contribution is 5.70. The van der Waals surface area contributed by atoms with Gasteiger partial charge in [0.25, 0.3) is 0 Å². The third-order valence-electron chi connectivity index (χ3n) is 4.31. The van der Waals surface area contributed by atoms with E-state index < -0.39 is 5.97 Å². The lowest BCUT2D eigenvalue weighted by molar-refractivity contribution is -0.137. The molecule has 0 amide bonds. The summed E-state index contributed by atoms with van der Waals surface area (Å²) in [6, 6.07) is 7.69. The Bertz CT molecular complexity index is 749. The number of carboxylic acids is 1. The molecule has 5 heteroatoms. The SMILES string of the molecule is Cc1cn(C)c(=O)n1-c1ccc(C2(CC(=O)O)CC2)cc1. The van der Waals surface area contributed by atoms with Gasteiger partial charge in [-0.05, 0) is 37.5 Å². The molecule has 0 aliphatic heterocycles. The standard InChI is InChI=1S/C16H18N2O3/c1-11-10-17(2)15(21)18(11)13-5-3-12(4-6-13)16(7-8-16)9-14(19)20/h3-6,10H,7-9H2,1-2H3,(H,19,20). The second kappa shape index (κ2) is 4.62. The lowest BCUT2D eigenvalue weighted by Crippen LogP contribution is -2.21. The van der Waals surface area contributed by atoms with Gasteiger partial charge in [-0.3, -0.25) is 9.36 Å². The van der Waals surface area contributed by atoms with Crippen LogP contribution in [-0.2, 0) is 17.3 Å². The summed E-state index contributed by atoms with van der Waals surface area (Å²) >= 11 is 0. The monoisotopic (exact) mass is 286 g/mol. The zero-order valence-electron chi connectivity index (χ0n) is 12.2. The van der Waals surface area contributed by atoms with Gasteiger partial charge in [0.15, 0.2) is 0 Å². The summed E-state index contributed by atoms with van der Waals surface area (Å²) in [6.45, 7) is 1.89. The molecule has 0 saturated heterocycles. The Labute approximate surface area is 122 Å². The molecule has 110 valence electrons. The Kier molecular flexibility index (Phi) is 3.01. The first-order valence-electron chi connectivity index (χ1n) is 7.01. The first kappa shape index (κ1) is 13.7. The molecule has 1 aliphatic carbocycles. The van der Waals surface area contributed by atoms with Crippen LogP contribution in [0.5, 0.6) is 0 Å². The fourth-order valence-corrected chi connectivity index (χ4v) is 2.99. The Morgan fingerprint density at radius 2 is 1.90 bits per heavy atom. The molecule has 1 heterocycles. The third kappa shape index (κ3) is 2.28. The number of hydrogen-bond acceptors (Lipinski definition) is 2. The van der Waals surface area contributed by atoms with Crippen LogP contribution in [0.25, 0.3) is 5.69 Å². The smallest absolute Gasteiger partial charge is 0.332 e. The third-order valence-corrected chi connectivity index (χ3v) is 4.31. The number of aryl methyl sites for hydroxylation is 2. The molecule has 0 atom stereocenters. The molecule has 5 nitrogen and oxygen atoms in total. The van der Waals surface area contributed by atoms with Gasteiger partial charge in [-0.15, -0.1) is 0 Å². The largest absolute Gasteiger partial charge is 0.481 e. The van der Waals surface area contributed by atoms with Gasteiger partial charge < -0.3 is 9.67 Å². The molecule has 1 fully saturated rings. The highest BCUT2D eigenvalue weighted by atomic mass is 16.4. The molecule has 2 aromatic rings. The molecule has 1 aromatic heterocycles. The summed E-state index contributed by atoms with van der Waals surface area (Å²) in [4.78, 5) is 23.0. The van der Waals surface area contributed by atoms with E-state index in [1.165, 1.54) is 0 Å². The van der Waals surface area contributed by atoms with Crippen LogP contribution in [0.15, 0.2) is 35.3 Å². The van der Waals surface area contributed by atoms with E-state index in [1.807, 2.05) is 31.2 Å². The molecule has 0 spiro atoms. The van der Waals surface area contributed by atoms with Crippen LogP contribution in [0.2, 0.25) is 0 Å². The lowest BCUT2D eigenvalue weighted by atomic mass is 9.92. The van der Waals surface area contributed by atoms with Crippen LogP contribution in [0.4, 0.5) is 0 Å². The Morgan fingerprint density at radius 3 is 2.33 bits per heavy atom. The summed E-state index contributed by atoms with van der Waals surface area (Å²) in [6.07, 6.45) is 3.81. The average Bonchev–Trinajstić information content (AvgIpc) is 3.14. The van der Waals surface area contributed by atoms with Crippen molar-refractivity contribution in [3.05, 3.63) is 52.2 Å². The summed E-state index contributed by atoms with van der Waals surface area (Å²) in [5.41, 5.74) is 2.47. The van der Waals surface area contributed by atoms with Crippen LogP contribution in [0.3, 0.4) is 0 Å². The maximum absolute atomic E-state index is 12.1. The number of carboxylic acid groups (broad SMARTS) is 1. The fourth-order valence-electron chi connectivity index (χ4n) is 2.99. The van der Waals surface area contributed by atoms with Crippen molar-refractivity contribution in [2.75, 3.05) is 0 Å². The predicted octanol–water partition coefficient (Wildman–Crippen LogP) is 1.99. The molecule has 0 bridgehead atoms. The van der Waals surface area contributed by atoms with Crippen molar-refractivity contribution in [2.24, 2.45) is 7.05 Å². The molecular weight excluding hydrogens is 268 g/mol. The van der Waals surface area contributed by atoms with Crippen molar-refractivity contribution in [2.45, 2.75) is 31.6 Å². The van der Waals surface area contributed by atoms with Gasteiger partial charge in [-0.2, -0.15) is 0 Å². The minimum atomic E-state index is -0.758. The zero-order valence-corrected chi connectivity index (χ0v) is 12.2. The van der Waals surface area contributed by atoms with Gasteiger partial charge in [0.1, 0.15) is 0 Å². The predicted molar refractivity (Wildman–Crippen MR) is 78.9 cm³/mol. The van der Waals surface area contributed by atoms with Crippen molar-refractivity contribution < 1.29 is 9.90 Å². The molecule has 21 heavy (non-hydrogen) atoms. The number of aromatic nitrogens is 2. The van der Waals surface area contributed by atoms with Crippen LogP contribution >= 0.6 is 0 Å². The van der Waals surface area contributed by atoms with E-state index in [-0.39, 0.29) is 17.5 Å². The minimum absolute atomic E-state index is 0.0769. The highest BCUT2D eigenvalue weighted by Gasteiger charge is 2.45. The van der Waals surface area contributed by atoms with E-state index in [4.69, 9.17) is 5.11 Å². The zero-order chi connectivity index (χ0) is 15.2. The van der Waals surface area contributed by atoms with E-state index >= 15 is 0 Å². The van der Waals surface area contributed by atoms with E-state index in [9.17, 15) is 9.59 Å². The molecule has 0 radical (unpaired) electrons. The second-order valence-electron chi connectivity index (χ2n) is 5.90. The van der Waals surface area contributed by atoms with Gasteiger partial charge in [0, 0.05) is 24.4 Å². The first-order valence-corrected chi connectivity index (χ1v) is 7.01. The minimum Gasteiger partial charge on any atom is -0.481 e. The summed E-state index contributed by atoms with van der Waals surface area (Å²) in [5, 5.41) is 9.01. The van der Waals surface area contributed by atoms with E-state index in [0.717, 1.165) is 29.8 Å². The second-order valence-corrected chi connectivity index (χ2v) is 5.90. The molecule has 1 aromatic carbocycles. The topological polar surface area (TPSA) is 64.2 Å². The number of benzene rings is 1. The number of carbonyl (C=O) groups is 1. The molecule has 0 unspecified atom stereocenters. The van der Waals surface area contributed by atoms with Gasteiger partial charge in [-0.1, -0.05) is 12.1 Å². The Morgan fingerprint density at radius 1 is 1.29 bits per heavy atom. The van der Waals surface area contributed by atoms with E-state index in [1.54, 1.807) is 22.4 Å². The van der Waals surface area contributed by atoms with Crippen LogP contribution in [0.1, 0.15) is 30.5 Å². The number of hydrogen-bond donors (Lipinski definition) is 1. The van der Waals surface area contributed by atoms with Crippen LogP contribution in [0, 0.1) is 6.92 Å². The first-order chi connectivity index (χ1) is 9.93. The fraction of sp³-hybridized carbons (Fsp3) is 0.375. The summed E-state index contributed by atoms with van der Waals surface area (Å²) in [5.74, 6) is -0.758. The lowest BCUT2D eigenvalue weighted by Gasteiger charge is -2.14. The van der Waals surface area contributed by atoms with Gasteiger partial charge in [0.05, 0.1) is 12.1 Å². The Balaban J connectivity index is 1.95. The summed E-state index contributed by atoms with van der Waals surface area (Å²) < 4.78 is 3.20. The molecule has 1 N–H and O–H groups in total. The highest BCUT2D eigenvalue weighted by Crippen LogP contribution is 2.51. The van der Waals surface area contributed by atoms with Gasteiger partial charge >= 0.3 is 11.7 Å². The van der Waals surface area contributed by atoms with Crippen LogP contribution in [-0.4, -0.2) is 20.2 Å². The quantitative estimate of drug-likeness (QED) is 0.935. The van der Waals surface area contributed by atoms with Crippen molar-refractivity contribution in [1.29, 1.82) is 0 Å². The average molecular weight is 286 g/mol. The Hall–Kier alpha value is -2.30. The van der Waals surface area contributed by atoms with Crippen molar-refractivity contribution in [3.8, 4) is 5.69 Å². The summed E-state index contributed by atoms with van der Waals surface area (Å²) in [7, 11) is 1.73. The molecule has 1 saturated carbocycles. The van der Waals surface area contributed by atoms with E-state index in [0.29, 0.717) is 0 Å². The number of rotatable bonds is 4. The maximum atomic E-state index is 12.1. The number of aliphatic carboxylic acids is 1. The molecule has 3 rings (SSSR count). The van der Waals surface area contributed by atoms with E-state index in [2.05, 4.69) is 0 Å². The van der Waals surface area contributed by atoms with Gasteiger partial charge in [-0.25, -0.2) is 4.79 Å². The number of nitrogens with zero attached hydrogens (tertiary/aromatic N) is 2. The number of imidazole rings is 1. The molecule has 1 aliphatic rings. The van der Waals surface area contributed by atoms with Crippen molar-refractivity contribution in [3.63, 3.8) is 0 Å². The maximum Gasteiger partial charge on any atom is 0.332 e.